The lowest BCUT2D eigenvalue weighted by Crippen LogP contribution is -2.58. The van der Waals surface area contributed by atoms with Crippen LogP contribution >= 0.6 is 11.6 Å². The lowest BCUT2D eigenvalue weighted by atomic mass is 9.74. The number of piperidine rings is 1. The molecule has 0 radical (unpaired) electrons. The monoisotopic (exact) mass is 447 g/mol. The fourth-order valence-electron chi connectivity index (χ4n) is 5.19. The van der Waals surface area contributed by atoms with Crippen molar-refractivity contribution in [2.24, 2.45) is 5.92 Å². The predicted octanol–water partition coefficient (Wildman–Crippen LogP) is 3.23. The second-order valence-corrected chi connectivity index (χ2v) is 9.09. The number of amides is 1. The van der Waals surface area contributed by atoms with Crippen molar-refractivity contribution in [2.45, 2.75) is 24.7 Å². The van der Waals surface area contributed by atoms with Gasteiger partial charge in [-0.25, -0.2) is 13.7 Å². The number of quaternary nitrogens is 1. The number of carboxylic acids is 1. The average Bonchev–Trinajstić information content (AvgIpc) is 2.90. The molecule has 8 heteroatoms. The van der Waals surface area contributed by atoms with Crippen LogP contribution in [0.1, 0.15) is 24.0 Å². The summed E-state index contributed by atoms with van der Waals surface area (Å²) >= 11 is 6.22. The standard InChI is InChI=1S/C23H24ClFN2O4/c1-27(13-15(21(29)30)10-14-11-17(28)3-4-19(14)24)20-5-2-16(25)12-18(20)23(22(27)31)6-8-26-9-7-23/h2-5,11-12,15,26H,6-10,13H2,1H3,(H-,28,29,30)/p+1. The van der Waals surface area contributed by atoms with Crippen LogP contribution in [-0.4, -0.2) is 48.8 Å². The summed E-state index contributed by atoms with van der Waals surface area (Å²) in [6.07, 6.45) is 1.16. The van der Waals surface area contributed by atoms with E-state index < -0.39 is 23.1 Å². The van der Waals surface area contributed by atoms with Gasteiger partial charge in [0.1, 0.15) is 35.1 Å². The Balaban J connectivity index is 1.74. The van der Waals surface area contributed by atoms with E-state index in [2.05, 4.69) is 5.32 Å². The maximum absolute atomic E-state index is 14.2. The molecule has 0 aromatic heterocycles. The van der Waals surface area contributed by atoms with Gasteiger partial charge in [0.25, 0.3) is 0 Å². The summed E-state index contributed by atoms with van der Waals surface area (Å²) in [5, 5.41) is 23.3. The zero-order valence-electron chi connectivity index (χ0n) is 17.2. The Kier molecular flexibility index (Phi) is 5.54. The Morgan fingerprint density at radius 1 is 1.26 bits per heavy atom. The van der Waals surface area contributed by atoms with Crippen molar-refractivity contribution in [3.63, 3.8) is 0 Å². The lowest BCUT2D eigenvalue weighted by molar-refractivity contribution is -0.143. The molecule has 2 heterocycles. The predicted molar refractivity (Wildman–Crippen MR) is 116 cm³/mol. The van der Waals surface area contributed by atoms with E-state index in [9.17, 15) is 24.2 Å². The number of hydrogen-bond donors (Lipinski definition) is 3. The quantitative estimate of drug-likeness (QED) is 0.613. The largest absolute Gasteiger partial charge is 0.508 e. The molecule has 2 unspecified atom stereocenters. The molecule has 1 saturated heterocycles. The van der Waals surface area contributed by atoms with Crippen molar-refractivity contribution < 1.29 is 24.2 Å². The maximum Gasteiger partial charge on any atom is 0.329 e. The number of phenolic OH excluding ortho intramolecular Hbond substituents is 1. The van der Waals surface area contributed by atoms with Gasteiger partial charge < -0.3 is 15.5 Å². The number of carbonyl (C=O) groups excluding carboxylic acids is 1. The van der Waals surface area contributed by atoms with Crippen LogP contribution in [0.3, 0.4) is 0 Å². The van der Waals surface area contributed by atoms with Gasteiger partial charge in [0.15, 0.2) is 0 Å². The van der Waals surface area contributed by atoms with E-state index in [1.165, 1.54) is 30.3 Å². The van der Waals surface area contributed by atoms with Gasteiger partial charge in [-0.2, -0.15) is 0 Å². The molecule has 1 spiro atoms. The summed E-state index contributed by atoms with van der Waals surface area (Å²) in [5.74, 6) is -2.48. The molecule has 2 aliphatic rings. The summed E-state index contributed by atoms with van der Waals surface area (Å²) in [6, 6.07) is 8.77. The van der Waals surface area contributed by atoms with E-state index in [0.29, 0.717) is 47.8 Å². The molecule has 1 amide bonds. The molecule has 0 saturated carbocycles. The molecule has 3 N–H and O–H groups in total. The summed E-state index contributed by atoms with van der Waals surface area (Å²) < 4.78 is 14.0. The Labute approximate surface area is 184 Å². The number of benzene rings is 2. The van der Waals surface area contributed by atoms with Crippen molar-refractivity contribution in [3.8, 4) is 5.75 Å². The first-order valence-electron chi connectivity index (χ1n) is 10.3. The number of halogens is 2. The first-order valence-corrected chi connectivity index (χ1v) is 10.7. The van der Waals surface area contributed by atoms with Crippen molar-refractivity contribution in [3.05, 3.63) is 58.4 Å². The van der Waals surface area contributed by atoms with Gasteiger partial charge in [-0.15, -0.1) is 0 Å². The summed E-state index contributed by atoms with van der Waals surface area (Å²) in [6.45, 7) is 1.29. The molecule has 31 heavy (non-hydrogen) atoms. The van der Waals surface area contributed by atoms with Crippen LogP contribution in [0.15, 0.2) is 36.4 Å². The molecular weight excluding hydrogens is 423 g/mol. The molecule has 2 aliphatic heterocycles. The van der Waals surface area contributed by atoms with E-state index in [0.717, 1.165) is 0 Å². The number of phenols is 1. The third-order valence-electron chi connectivity index (χ3n) is 6.75. The SMILES string of the molecule is C[N+]1(CC(Cc2cc(O)ccc2Cl)C(=O)O)C(=O)C2(CCNCC2)c2cc(F)ccc21. The van der Waals surface area contributed by atoms with Gasteiger partial charge in [-0.1, -0.05) is 11.6 Å². The van der Waals surface area contributed by atoms with Crippen LogP contribution in [0.4, 0.5) is 10.1 Å². The molecule has 164 valence electrons. The van der Waals surface area contributed by atoms with Crippen molar-refractivity contribution in [1.29, 1.82) is 0 Å². The third-order valence-corrected chi connectivity index (χ3v) is 7.12. The number of carboxylic acid groups (broad SMARTS) is 1. The minimum atomic E-state index is -1.05. The van der Waals surface area contributed by atoms with Crippen LogP contribution in [0, 0.1) is 11.7 Å². The van der Waals surface area contributed by atoms with Gasteiger partial charge in [0.2, 0.25) is 0 Å². The van der Waals surface area contributed by atoms with E-state index in [4.69, 9.17) is 11.6 Å². The number of rotatable bonds is 5. The minimum absolute atomic E-state index is 0.00402. The van der Waals surface area contributed by atoms with Crippen LogP contribution in [0.2, 0.25) is 5.02 Å². The number of likely N-dealkylation sites (N-methyl/N-ethyl adjacent to an activating group) is 1. The Morgan fingerprint density at radius 2 is 1.97 bits per heavy atom. The Hall–Kier alpha value is -2.48. The van der Waals surface area contributed by atoms with E-state index in [1.54, 1.807) is 13.1 Å². The van der Waals surface area contributed by atoms with Crippen LogP contribution in [0.5, 0.6) is 5.75 Å². The highest BCUT2D eigenvalue weighted by Gasteiger charge is 2.61. The fourth-order valence-corrected chi connectivity index (χ4v) is 5.39. The average molecular weight is 448 g/mol. The highest BCUT2D eigenvalue weighted by atomic mass is 35.5. The first kappa shape index (κ1) is 21.7. The van der Waals surface area contributed by atoms with Crippen LogP contribution in [-0.2, 0) is 21.4 Å². The Morgan fingerprint density at radius 3 is 2.65 bits per heavy atom. The smallest absolute Gasteiger partial charge is 0.329 e. The summed E-state index contributed by atoms with van der Waals surface area (Å²) in [4.78, 5) is 26.0. The molecular formula is C23H25ClFN2O4+. The molecule has 2 aromatic rings. The number of nitrogens with zero attached hydrogens (tertiary/aromatic N) is 1. The number of aromatic hydroxyl groups is 1. The zero-order chi connectivity index (χ0) is 22.4. The minimum Gasteiger partial charge on any atom is -0.508 e. The second-order valence-electron chi connectivity index (χ2n) is 8.69. The second kappa shape index (κ2) is 7.89. The van der Waals surface area contributed by atoms with Crippen molar-refractivity contribution in [1.82, 2.24) is 9.80 Å². The topological polar surface area (TPSA) is 86.6 Å². The summed E-state index contributed by atoms with van der Waals surface area (Å²) in [7, 11) is 1.72. The van der Waals surface area contributed by atoms with Crippen molar-refractivity contribution >= 4 is 29.2 Å². The van der Waals surface area contributed by atoms with Gasteiger partial charge in [-0.05, 0) is 68.2 Å². The zero-order valence-corrected chi connectivity index (χ0v) is 18.0. The molecule has 2 atom stereocenters. The first-order chi connectivity index (χ1) is 14.7. The van der Waals surface area contributed by atoms with Crippen LogP contribution in [0.25, 0.3) is 0 Å². The molecule has 2 aromatic carbocycles. The van der Waals surface area contributed by atoms with Crippen LogP contribution < -0.4 is 9.80 Å². The van der Waals surface area contributed by atoms with E-state index >= 15 is 0 Å². The number of nitrogens with one attached hydrogen (secondary N) is 1. The third kappa shape index (κ3) is 3.60. The molecule has 4 rings (SSSR count). The van der Waals surface area contributed by atoms with Gasteiger partial charge in [0.05, 0.1) is 7.05 Å². The van der Waals surface area contributed by atoms with Gasteiger partial charge >= 0.3 is 11.9 Å². The van der Waals surface area contributed by atoms with E-state index in [1.807, 2.05) is 0 Å². The summed E-state index contributed by atoms with van der Waals surface area (Å²) in [5.41, 5.74) is 1.01. The highest BCUT2D eigenvalue weighted by molar-refractivity contribution is 6.31. The molecule has 0 aliphatic carbocycles. The number of fused-ring (bicyclic) bond motifs is 2. The maximum atomic E-state index is 14.2. The van der Waals surface area contributed by atoms with E-state index in [-0.39, 0.29) is 29.1 Å². The number of aliphatic carboxylic acids is 1. The molecule has 0 bridgehead atoms. The molecule has 1 fully saturated rings. The lowest BCUT2D eigenvalue weighted by Gasteiger charge is -2.34. The fraction of sp³-hybridized carbons (Fsp3) is 0.391. The highest BCUT2D eigenvalue weighted by Crippen LogP contribution is 2.50. The van der Waals surface area contributed by atoms with Crippen molar-refractivity contribution in [2.75, 3.05) is 26.7 Å². The Bertz CT molecular complexity index is 1050. The van der Waals surface area contributed by atoms with Gasteiger partial charge in [-0.3, -0.25) is 4.79 Å². The molecule has 6 nitrogen and oxygen atoms in total. The normalized spacial score (nSPS) is 23.0. The number of hydrogen-bond acceptors (Lipinski definition) is 4. The number of carbonyl (C=O) groups is 2. The van der Waals surface area contributed by atoms with Gasteiger partial charge in [0, 0.05) is 16.7 Å².